The molecule has 2 fully saturated rings. The van der Waals surface area contributed by atoms with Crippen LogP contribution in [0.5, 0.6) is 5.75 Å². The SMILES string of the molecule is COc1ccc(C(=O)COC(=O)c2ccc(N3C(=O)[C@H]4C[C@@H](C)CC[C@H]4C3=O)cc2)cc1[N+](=O)[O-]. The van der Waals surface area contributed by atoms with Gasteiger partial charge in [0.1, 0.15) is 0 Å². The fourth-order valence-corrected chi connectivity index (χ4v) is 4.69. The van der Waals surface area contributed by atoms with Crippen LogP contribution < -0.4 is 9.64 Å². The number of ether oxygens (including phenoxy) is 2. The molecule has 0 radical (unpaired) electrons. The summed E-state index contributed by atoms with van der Waals surface area (Å²) in [6.07, 6.45) is 2.31. The standard InChI is InChI=1S/C25H24N2O8/c1-14-3-9-18-19(11-14)24(30)26(23(18)29)17-7-4-15(5-8-17)25(31)35-13-21(28)16-6-10-22(34-2)20(12-16)27(32)33/h4-8,10,12,14,18-19H,3,9,11,13H2,1-2H3/t14-,18+,19-/m0/s1. The van der Waals surface area contributed by atoms with Crippen LogP contribution in [0.1, 0.15) is 46.9 Å². The number of imide groups is 1. The lowest BCUT2D eigenvalue weighted by Crippen LogP contribution is -2.30. The molecule has 1 heterocycles. The Balaban J connectivity index is 1.40. The minimum Gasteiger partial charge on any atom is -0.490 e. The van der Waals surface area contributed by atoms with E-state index in [9.17, 15) is 29.3 Å². The van der Waals surface area contributed by atoms with E-state index in [2.05, 4.69) is 6.92 Å². The Kier molecular flexibility index (Phi) is 6.63. The van der Waals surface area contributed by atoms with Gasteiger partial charge in [-0.1, -0.05) is 6.92 Å². The van der Waals surface area contributed by atoms with Gasteiger partial charge in [-0.3, -0.25) is 29.4 Å². The number of hydrogen-bond acceptors (Lipinski definition) is 8. The van der Waals surface area contributed by atoms with Crippen molar-refractivity contribution < 1.29 is 33.6 Å². The fourth-order valence-electron chi connectivity index (χ4n) is 4.69. The van der Waals surface area contributed by atoms with Gasteiger partial charge in [0.15, 0.2) is 12.4 Å². The third kappa shape index (κ3) is 4.64. The third-order valence-corrected chi connectivity index (χ3v) is 6.58. The highest BCUT2D eigenvalue weighted by atomic mass is 16.6. The van der Waals surface area contributed by atoms with Gasteiger partial charge in [0.05, 0.1) is 35.1 Å². The monoisotopic (exact) mass is 480 g/mol. The molecule has 1 saturated carbocycles. The highest BCUT2D eigenvalue weighted by Gasteiger charge is 2.49. The predicted octanol–water partition coefficient (Wildman–Crippen LogP) is 3.57. The zero-order chi connectivity index (χ0) is 25.3. The van der Waals surface area contributed by atoms with E-state index in [4.69, 9.17) is 9.47 Å². The molecule has 10 heteroatoms. The van der Waals surface area contributed by atoms with Crippen LogP contribution in [0.15, 0.2) is 42.5 Å². The van der Waals surface area contributed by atoms with E-state index in [0.717, 1.165) is 12.5 Å². The van der Waals surface area contributed by atoms with E-state index in [1.54, 1.807) is 0 Å². The number of nitro benzene ring substituents is 1. The van der Waals surface area contributed by atoms with Gasteiger partial charge in [0, 0.05) is 11.6 Å². The molecule has 1 saturated heterocycles. The van der Waals surface area contributed by atoms with Crippen LogP contribution in [0, 0.1) is 27.9 Å². The Morgan fingerprint density at radius 3 is 2.34 bits per heavy atom. The van der Waals surface area contributed by atoms with Gasteiger partial charge < -0.3 is 9.47 Å². The van der Waals surface area contributed by atoms with Crippen molar-refractivity contribution in [2.24, 2.45) is 17.8 Å². The second-order valence-corrected chi connectivity index (χ2v) is 8.83. The molecule has 10 nitrogen and oxygen atoms in total. The molecule has 1 aliphatic heterocycles. The molecule has 2 amide bonds. The number of esters is 1. The fraction of sp³-hybridized carbons (Fsp3) is 0.360. The first-order valence-corrected chi connectivity index (χ1v) is 11.2. The number of benzene rings is 2. The molecule has 0 aromatic heterocycles. The summed E-state index contributed by atoms with van der Waals surface area (Å²) in [5.74, 6) is -1.99. The molecule has 0 bridgehead atoms. The zero-order valence-electron chi connectivity index (χ0n) is 19.3. The number of anilines is 1. The van der Waals surface area contributed by atoms with E-state index in [1.807, 2.05) is 0 Å². The lowest BCUT2D eigenvalue weighted by atomic mass is 9.76. The summed E-state index contributed by atoms with van der Waals surface area (Å²) < 4.78 is 9.97. The number of carbonyl (C=O) groups is 4. The van der Waals surface area contributed by atoms with Crippen LogP contribution in [0.4, 0.5) is 11.4 Å². The quantitative estimate of drug-likeness (QED) is 0.193. The lowest BCUT2D eigenvalue weighted by Gasteiger charge is -2.25. The number of nitrogens with zero attached hydrogens (tertiary/aromatic N) is 2. The molecule has 0 N–H and O–H groups in total. The van der Waals surface area contributed by atoms with E-state index in [1.165, 1.54) is 48.4 Å². The molecule has 0 unspecified atom stereocenters. The number of hydrogen-bond donors (Lipinski definition) is 0. The average molecular weight is 480 g/mol. The van der Waals surface area contributed by atoms with E-state index >= 15 is 0 Å². The van der Waals surface area contributed by atoms with Crippen LogP contribution >= 0.6 is 0 Å². The van der Waals surface area contributed by atoms with Crippen LogP contribution in [-0.2, 0) is 14.3 Å². The van der Waals surface area contributed by atoms with Gasteiger partial charge in [-0.15, -0.1) is 0 Å². The number of Topliss-reactive ketones (excluding diaryl/α,β-unsaturated/α-hetero) is 1. The molecule has 182 valence electrons. The first-order valence-electron chi connectivity index (χ1n) is 11.2. The van der Waals surface area contributed by atoms with E-state index in [0.29, 0.717) is 24.4 Å². The van der Waals surface area contributed by atoms with Crippen molar-refractivity contribution in [3.05, 3.63) is 63.7 Å². The molecule has 4 rings (SSSR count). The predicted molar refractivity (Wildman–Crippen MR) is 123 cm³/mol. The highest BCUT2D eigenvalue weighted by Crippen LogP contribution is 2.42. The summed E-state index contributed by atoms with van der Waals surface area (Å²) in [7, 11) is 1.28. The molecule has 0 spiro atoms. The lowest BCUT2D eigenvalue weighted by molar-refractivity contribution is -0.385. The molecule has 3 atom stereocenters. The summed E-state index contributed by atoms with van der Waals surface area (Å²) >= 11 is 0. The number of nitro groups is 1. The Morgan fingerprint density at radius 1 is 1.03 bits per heavy atom. The molecule has 1 aliphatic carbocycles. The van der Waals surface area contributed by atoms with Crippen molar-refractivity contribution in [1.29, 1.82) is 0 Å². The molecule has 2 aromatic carbocycles. The summed E-state index contributed by atoms with van der Waals surface area (Å²) in [6.45, 7) is 1.46. The number of carbonyl (C=O) groups excluding carboxylic acids is 4. The van der Waals surface area contributed by atoms with Gasteiger partial charge in [0.2, 0.25) is 17.6 Å². The number of amides is 2. The van der Waals surface area contributed by atoms with Gasteiger partial charge in [-0.2, -0.15) is 0 Å². The smallest absolute Gasteiger partial charge is 0.338 e. The maximum atomic E-state index is 12.9. The largest absolute Gasteiger partial charge is 0.490 e. The van der Waals surface area contributed by atoms with Crippen molar-refractivity contribution in [3.8, 4) is 5.75 Å². The van der Waals surface area contributed by atoms with Crippen molar-refractivity contribution in [2.45, 2.75) is 26.2 Å². The molecular formula is C25H24N2O8. The maximum Gasteiger partial charge on any atom is 0.338 e. The van der Waals surface area contributed by atoms with Crippen LogP contribution in [0.3, 0.4) is 0 Å². The van der Waals surface area contributed by atoms with Crippen molar-refractivity contribution in [2.75, 3.05) is 18.6 Å². The summed E-state index contributed by atoms with van der Waals surface area (Å²) in [6, 6.07) is 9.55. The molecule has 2 aliphatic rings. The maximum absolute atomic E-state index is 12.9. The second-order valence-electron chi connectivity index (χ2n) is 8.83. The molecular weight excluding hydrogens is 456 g/mol. The van der Waals surface area contributed by atoms with Crippen LogP contribution in [-0.4, -0.2) is 42.2 Å². The highest BCUT2D eigenvalue weighted by molar-refractivity contribution is 6.22. The number of methoxy groups -OCH3 is 1. The second kappa shape index (κ2) is 9.65. The van der Waals surface area contributed by atoms with E-state index < -0.39 is 23.3 Å². The third-order valence-electron chi connectivity index (χ3n) is 6.58. The summed E-state index contributed by atoms with van der Waals surface area (Å²) in [4.78, 5) is 62.1. The number of ketones is 1. The normalized spacial score (nSPS) is 21.4. The Hall–Kier alpha value is -4.08. The van der Waals surface area contributed by atoms with Gasteiger partial charge in [-0.05, 0) is 61.6 Å². The van der Waals surface area contributed by atoms with Crippen LogP contribution in [0.2, 0.25) is 0 Å². The van der Waals surface area contributed by atoms with Gasteiger partial charge in [-0.25, -0.2) is 4.79 Å². The Labute approximate surface area is 201 Å². The molecule has 35 heavy (non-hydrogen) atoms. The number of fused-ring (bicyclic) bond motifs is 1. The number of rotatable bonds is 7. The Bertz CT molecular complexity index is 1210. The van der Waals surface area contributed by atoms with Gasteiger partial charge >= 0.3 is 11.7 Å². The first kappa shape index (κ1) is 24.1. The summed E-state index contributed by atoms with van der Waals surface area (Å²) in [5, 5.41) is 11.1. The first-order chi connectivity index (χ1) is 16.7. The minimum absolute atomic E-state index is 0.00231. The Morgan fingerprint density at radius 2 is 1.69 bits per heavy atom. The van der Waals surface area contributed by atoms with Crippen LogP contribution in [0.25, 0.3) is 0 Å². The molecule has 2 aromatic rings. The van der Waals surface area contributed by atoms with Crippen molar-refractivity contribution in [1.82, 2.24) is 0 Å². The topological polar surface area (TPSA) is 133 Å². The summed E-state index contributed by atoms with van der Waals surface area (Å²) in [5.41, 5.74) is 0.149. The van der Waals surface area contributed by atoms with Gasteiger partial charge in [0.25, 0.3) is 0 Å². The zero-order valence-corrected chi connectivity index (χ0v) is 19.3. The van der Waals surface area contributed by atoms with Crippen molar-refractivity contribution in [3.63, 3.8) is 0 Å². The van der Waals surface area contributed by atoms with Crippen molar-refractivity contribution >= 4 is 34.9 Å². The average Bonchev–Trinajstić information content (AvgIpc) is 3.10. The van der Waals surface area contributed by atoms with E-state index in [-0.39, 0.29) is 46.2 Å². The minimum atomic E-state index is -0.783.